The first-order chi connectivity index (χ1) is 9.70. The largest absolute Gasteiger partial charge is 2.00 e. The Balaban J connectivity index is 0. The molecule has 122 valence electrons. The van der Waals surface area contributed by atoms with E-state index in [9.17, 15) is 0 Å². The minimum Gasteiger partial charge on any atom is -0.270 e. The molecule has 22 heavy (non-hydrogen) atoms. The van der Waals surface area contributed by atoms with Crippen LogP contribution in [0.3, 0.4) is 0 Å². The van der Waals surface area contributed by atoms with Crippen LogP contribution in [0.2, 0.25) is 12.1 Å². The number of allylic oxidation sites excluding steroid dienone is 8. The second kappa shape index (κ2) is 13.0. The molecule has 0 spiro atoms. The molecule has 0 atom stereocenters. The van der Waals surface area contributed by atoms with E-state index in [1.54, 1.807) is 0 Å². The fourth-order valence-corrected chi connectivity index (χ4v) is 2.25. The molecular formula is C18H28Cl2SiZr. The molecule has 0 aliphatic heterocycles. The third kappa shape index (κ3) is 13.1. The van der Waals surface area contributed by atoms with Crippen molar-refractivity contribution in [1.29, 1.82) is 0 Å². The molecule has 0 radical (unpaired) electrons. The zero-order chi connectivity index (χ0) is 16.5. The number of halogens is 2. The van der Waals surface area contributed by atoms with Crippen LogP contribution in [-0.4, -0.2) is 6.69 Å². The Morgan fingerprint density at radius 3 is 1.23 bits per heavy atom. The summed E-state index contributed by atoms with van der Waals surface area (Å²) < 4.78 is 0. The van der Waals surface area contributed by atoms with Gasteiger partial charge < -0.3 is 0 Å². The summed E-state index contributed by atoms with van der Waals surface area (Å²) in [6.45, 7) is 10.8. The second-order valence-corrected chi connectivity index (χ2v) is 13.7. The van der Waals surface area contributed by atoms with Crippen LogP contribution in [0.15, 0.2) is 34.4 Å². The predicted molar refractivity (Wildman–Crippen MR) is 100 cm³/mol. The smallest absolute Gasteiger partial charge is 0.270 e. The first kappa shape index (κ1) is 24.9. The summed E-state index contributed by atoms with van der Waals surface area (Å²) >= 11 is 11.6. The van der Waals surface area contributed by atoms with Gasteiger partial charge >= 0.3 is 26.2 Å². The molecule has 0 aromatic heterocycles. The Morgan fingerprint density at radius 1 is 0.864 bits per heavy atom. The van der Waals surface area contributed by atoms with Crippen molar-refractivity contribution in [3.63, 3.8) is 0 Å². The van der Waals surface area contributed by atoms with E-state index in [0.717, 1.165) is 24.9 Å². The van der Waals surface area contributed by atoms with Crippen LogP contribution in [0.5, 0.6) is 0 Å². The Kier molecular flexibility index (Phi) is 14.7. The standard InChI is InChI=1S/2C7H9.C4H10Cl2Si.Zr/c2*1-6-3-4-7(2)5-6;1-3-7(5,6)4-2;/h2*5H,3H2,1-2H3;3-4H2,1-2H3;/q2*-1;;+2. The van der Waals surface area contributed by atoms with Gasteiger partial charge in [-0.15, -0.1) is 35.0 Å². The SMILES string of the molecule is CC1=[C-]CC(C)=C1.CC1=[C-]CC(C)=C1.CC[Si](Cl)(Cl)CC.[Zr+2]. The van der Waals surface area contributed by atoms with Crippen LogP contribution in [0.4, 0.5) is 0 Å². The van der Waals surface area contributed by atoms with Crippen molar-refractivity contribution in [3.8, 4) is 0 Å². The van der Waals surface area contributed by atoms with E-state index in [1.165, 1.54) is 22.3 Å². The Bertz CT molecular complexity index is 406. The summed E-state index contributed by atoms with van der Waals surface area (Å²) in [6, 6.07) is 1.93. The molecule has 0 heterocycles. The third-order valence-corrected chi connectivity index (χ3v) is 8.53. The third-order valence-electron chi connectivity index (χ3n) is 3.25. The molecule has 4 heteroatoms. The van der Waals surface area contributed by atoms with Crippen molar-refractivity contribution >= 4 is 28.9 Å². The van der Waals surface area contributed by atoms with Gasteiger partial charge in [0, 0.05) is 0 Å². The summed E-state index contributed by atoms with van der Waals surface area (Å²) in [5, 5.41) is 0. The van der Waals surface area contributed by atoms with Gasteiger partial charge in [-0.3, -0.25) is 12.2 Å². The molecule has 0 unspecified atom stereocenters. The van der Waals surface area contributed by atoms with Crippen LogP contribution in [-0.2, 0) is 26.2 Å². The molecule has 2 aliphatic rings. The summed E-state index contributed by atoms with van der Waals surface area (Å²) in [4.78, 5) is 0. The first-order valence-corrected chi connectivity index (χ1v) is 12.0. The van der Waals surface area contributed by atoms with Gasteiger partial charge in [0.15, 0.2) is 0 Å². The second-order valence-electron chi connectivity index (χ2n) is 5.62. The predicted octanol–water partition coefficient (Wildman–Crippen LogP) is 7.12. The molecule has 0 saturated carbocycles. The molecule has 0 aromatic carbocycles. The molecule has 0 bridgehead atoms. The van der Waals surface area contributed by atoms with Gasteiger partial charge in [-0.2, -0.15) is 11.1 Å². The van der Waals surface area contributed by atoms with Crippen LogP contribution in [0.25, 0.3) is 0 Å². The number of hydrogen-bond acceptors (Lipinski definition) is 0. The van der Waals surface area contributed by atoms with Gasteiger partial charge in [0.1, 0.15) is 0 Å². The van der Waals surface area contributed by atoms with Gasteiger partial charge in [0.25, 0.3) is 6.69 Å². The monoisotopic (exact) mass is 432 g/mol. The molecular weight excluding hydrogens is 406 g/mol. The van der Waals surface area contributed by atoms with E-state index in [0.29, 0.717) is 0 Å². The summed E-state index contributed by atoms with van der Waals surface area (Å²) in [5.74, 6) is 0. The molecule has 2 rings (SSSR count). The normalized spacial score (nSPS) is 16.0. The molecule has 0 aromatic rings. The maximum absolute atomic E-state index is 5.81. The van der Waals surface area contributed by atoms with Crippen molar-refractivity contribution in [3.05, 3.63) is 46.6 Å². The van der Waals surface area contributed by atoms with Crippen molar-refractivity contribution in [2.24, 2.45) is 0 Å². The summed E-state index contributed by atoms with van der Waals surface area (Å²) in [7, 11) is 0. The molecule has 0 saturated heterocycles. The fraction of sp³-hybridized carbons (Fsp3) is 0.556. The Labute approximate surface area is 167 Å². The van der Waals surface area contributed by atoms with Crippen molar-refractivity contribution in [1.82, 2.24) is 0 Å². The molecule has 0 N–H and O–H groups in total. The average Bonchev–Trinajstić information content (AvgIpc) is 2.99. The van der Waals surface area contributed by atoms with E-state index < -0.39 is 6.69 Å². The Morgan fingerprint density at radius 2 is 1.18 bits per heavy atom. The molecule has 0 amide bonds. The van der Waals surface area contributed by atoms with Crippen molar-refractivity contribution in [2.75, 3.05) is 0 Å². The summed E-state index contributed by atoms with van der Waals surface area (Å²) in [6.07, 6.45) is 12.8. The van der Waals surface area contributed by atoms with Crippen molar-refractivity contribution in [2.45, 2.75) is 66.5 Å². The number of rotatable bonds is 2. The minimum atomic E-state index is -1.71. The van der Waals surface area contributed by atoms with Gasteiger partial charge in [-0.25, -0.2) is 23.3 Å². The van der Waals surface area contributed by atoms with Crippen LogP contribution in [0, 0.1) is 12.2 Å². The van der Waals surface area contributed by atoms with E-state index in [-0.39, 0.29) is 26.2 Å². The zero-order valence-corrected chi connectivity index (χ0v) is 19.7. The first-order valence-electron chi connectivity index (χ1n) is 7.57. The fourth-order valence-electron chi connectivity index (χ4n) is 1.75. The van der Waals surface area contributed by atoms with Crippen LogP contribution >= 0.6 is 22.2 Å². The minimum absolute atomic E-state index is 0. The summed E-state index contributed by atoms with van der Waals surface area (Å²) in [5.41, 5.74) is 5.44. The average molecular weight is 435 g/mol. The van der Waals surface area contributed by atoms with Gasteiger partial charge in [-0.05, 0) is 12.1 Å². The Hall–Kier alpha value is 0.640. The maximum Gasteiger partial charge on any atom is 2.00 e. The zero-order valence-electron chi connectivity index (χ0n) is 14.7. The van der Waals surface area contributed by atoms with Gasteiger partial charge in [0.2, 0.25) is 0 Å². The van der Waals surface area contributed by atoms with Gasteiger partial charge in [-0.1, -0.05) is 41.5 Å². The molecule has 0 nitrogen and oxygen atoms in total. The maximum atomic E-state index is 5.81. The quantitative estimate of drug-likeness (QED) is 0.247. The van der Waals surface area contributed by atoms with Crippen LogP contribution in [0.1, 0.15) is 54.4 Å². The van der Waals surface area contributed by atoms with E-state index in [4.69, 9.17) is 22.2 Å². The molecule has 0 fully saturated rings. The van der Waals surface area contributed by atoms with E-state index >= 15 is 0 Å². The van der Waals surface area contributed by atoms with Crippen LogP contribution < -0.4 is 0 Å². The van der Waals surface area contributed by atoms with E-state index in [1.807, 2.05) is 13.8 Å². The van der Waals surface area contributed by atoms with E-state index in [2.05, 4.69) is 52.0 Å². The van der Waals surface area contributed by atoms with Crippen molar-refractivity contribution < 1.29 is 26.2 Å². The topological polar surface area (TPSA) is 0 Å². The van der Waals surface area contributed by atoms with Gasteiger partial charge in [0.05, 0.1) is 0 Å². The number of hydrogen-bond donors (Lipinski definition) is 0. The molecule has 2 aliphatic carbocycles.